The fourth-order valence-corrected chi connectivity index (χ4v) is 2.11. The van der Waals surface area contributed by atoms with E-state index >= 15 is 0 Å². The van der Waals surface area contributed by atoms with Gasteiger partial charge in [-0.1, -0.05) is 0 Å². The molecule has 0 aliphatic heterocycles. The van der Waals surface area contributed by atoms with Crippen molar-refractivity contribution in [3.63, 3.8) is 0 Å². The SMILES string of the molecule is Cc1cc(O)cc(O)c1.Cc1cc(O)cc(O)c1.Nc1ncccn1.Nc1ncccn1. The lowest BCUT2D eigenvalue weighted by atomic mass is 10.2. The number of anilines is 2. The van der Waals surface area contributed by atoms with Crippen molar-refractivity contribution >= 4 is 11.9 Å². The molecule has 2 aromatic carbocycles. The molecule has 10 heteroatoms. The molecule has 4 aromatic rings. The van der Waals surface area contributed by atoms with Gasteiger partial charge in [-0.3, -0.25) is 0 Å². The van der Waals surface area contributed by atoms with Crippen molar-refractivity contribution in [2.75, 3.05) is 11.5 Å². The Morgan fingerprint density at radius 2 is 0.750 bits per heavy atom. The normalized spacial score (nSPS) is 9.06. The Hall–Kier alpha value is -4.60. The second kappa shape index (κ2) is 13.6. The number of rotatable bonds is 0. The highest BCUT2D eigenvalue weighted by Gasteiger charge is 1.92. The van der Waals surface area contributed by atoms with Crippen LogP contribution < -0.4 is 11.5 Å². The van der Waals surface area contributed by atoms with Gasteiger partial charge in [0.15, 0.2) is 0 Å². The predicted octanol–water partition coefficient (Wildman–Crippen LogP) is 2.93. The Bertz CT molecular complexity index is 879. The fourth-order valence-electron chi connectivity index (χ4n) is 2.11. The van der Waals surface area contributed by atoms with Crippen molar-refractivity contribution in [2.24, 2.45) is 0 Å². The van der Waals surface area contributed by atoms with Gasteiger partial charge in [-0.25, -0.2) is 19.9 Å². The summed E-state index contributed by atoms with van der Waals surface area (Å²) in [7, 11) is 0. The highest BCUT2D eigenvalue weighted by Crippen LogP contribution is 2.19. The van der Waals surface area contributed by atoms with Gasteiger partial charge in [0.25, 0.3) is 0 Å². The number of hydrogen-bond donors (Lipinski definition) is 6. The van der Waals surface area contributed by atoms with Gasteiger partial charge in [-0.2, -0.15) is 0 Å². The number of aryl methyl sites for hydroxylation is 2. The Morgan fingerprint density at radius 1 is 0.500 bits per heavy atom. The summed E-state index contributed by atoms with van der Waals surface area (Å²) in [6.07, 6.45) is 6.40. The van der Waals surface area contributed by atoms with Crippen LogP contribution in [0.5, 0.6) is 23.0 Å². The average molecular weight is 438 g/mol. The third-order valence-corrected chi connectivity index (χ3v) is 3.27. The van der Waals surface area contributed by atoms with Gasteiger partial charge in [0.1, 0.15) is 23.0 Å². The highest BCUT2D eigenvalue weighted by molar-refractivity contribution is 5.36. The number of nitrogens with two attached hydrogens (primary N) is 2. The molecular formula is C22H26N6O4. The lowest BCUT2D eigenvalue weighted by Crippen LogP contribution is -1.90. The molecular weight excluding hydrogens is 412 g/mol. The zero-order chi connectivity index (χ0) is 23.9. The van der Waals surface area contributed by atoms with Crippen LogP contribution in [0.4, 0.5) is 11.9 Å². The topological polar surface area (TPSA) is 185 Å². The molecule has 0 spiro atoms. The number of hydrogen-bond acceptors (Lipinski definition) is 10. The summed E-state index contributed by atoms with van der Waals surface area (Å²) in [5, 5.41) is 35.3. The van der Waals surface area contributed by atoms with Crippen LogP contribution in [0.2, 0.25) is 0 Å². The molecule has 0 amide bonds. The molecule has 0 atom stereocenters. The van der Waals surface area contributed by atoms with E-state index in [1.807, 2.05) is 0 Å². The Labute approximate surface area is 185 Å². The van der Waals surface area contributed by atoms with E-state index in [0.29, 0.717) is 11.9 Å². The van der Waals surface area contributed by atoms with E-state index in [2.05, 4.69) is 19.9 Å². The van der Waals surface area contributed by atoms with E-state index in [0.717, 1.165) is 11.1 Å². The van der Waals surface area contributed by atoms with Crippen molar-refractivity contribution < 1.29 is 20.4 Å². The van der Waals surface area contributed by atoms with Crippen LogP contribution in [-0.2, 0) is 0 Å². The molecule has 4 rings (SSSR count). The van der Waals surface area contributed by atoms with Crippen LogP contribution in [0.15, 0.2) is 73.3 Å². The first-order valence-corrected chi connectivity index (χ1v) is 9.20. The largest absolute Gasteiger partial charge is 0.508 e. The standard InChI is InChI=1S/2C7H8O2.2C4H5N3/c2*1-5-2-6(8)4-7(9)3-5;2*5-4-6-2-1-3-7-4/h2*2-4,8-9H,1H3;2*1-3H,(H2,5,6,7). The summed E-state index contributed by atoms with van der Waals surface area (Å²) in [6, 6.07) is 12.4. The van der Waals surface area contributed by atoms with E-state index < -0.39 is 0 Å². The number of phenols is 4. The smallest absolute Gasteiger partial charge is 0.219 e. The second-order valence-electron chi connectivity index (χ2n) is 6.27. The van der Waals surface area contributed by atoms with Gasteiger partial charge >= 0.3 is 0 Å². The molecule has 32 heavy (non-hydrogen) atoms. The zero-order valence-corrected chi connectivity index (χ0v) is 17.7. The third-order valence-electron chi connectivity index (χ3n) is 3.27. The maximum atomic E-state index is 8.83. The van der Waals surface area contributed by atoms with Gasteiger partial charge in [0.2, 0.25) is 11.9 Å². The number of aromatic nitrogens is 4. The van der Waals surface area contributed by atoms with Crippen molar-refractivity contribution in [1.82, 2.24) is 19.9 Å². The lowest BCUT2D eigenvalue weighted by molar-refractivity contribution is 0.448. The number of benzene rings is 2. The summed E-state index contributed by atoms with van der Waals surface area (Å²) in [6.45, 7) is 3.61. The van der Waals surface area contributed by atoms with Crippen molar-refractivity contribution in [3.8, 4) is 23.0 Å². The molecule has 0 saturated carbocycles. The fraction of sp³-hybridized carbons (Fsp3) is 0.0909. The number of nitrogens with zero attached hydrogens (tertiary/aromatic N) is 4. The van der Waals surface area contributed by atoms with E-state index in [1.54, 1.807) is 75.0 Å². The molecule has 2 heterocycles. The maximum absolute atomic E-state index is 8.83. The molecule has 168 valence electrons. The Balaban J connectivity index is 0.000000215. The second-order valence-corrected chi connectivity index (χ2v) is 6.27. The van der Waals surface area contributed by atoms with Crippen LogP contribution in [-0.4, -0.2) is 40.4 Å². The quantitative estimate of drug-likeness (QED) is 0.238. The van der Waals surface area contributed by atoms with Crippen molar-refractivity contribution in [2.45, 2.75) is 13.8 Å². The summed E-state index contributed by atoms with van der Waals surface area (Å²) in [5.74, 6) is 1.06. The molecule has 0 bridgehead atoms. The lowest BCUT2D eigenvalue weighted by Gasteiger charge is -1.95. The summed E-state index contributed by atoms with van der Waals surface area (Å²) >= 11 is 0. The number of aromatic hydroxyl groups is 4. The highest BCUT2D eigenvalue weighted by atomic mass is 16.3. The first kappa shape index (κ1) is 25.4. The average Bonchev–Trinajstić information content (AvgIpc) is 2.68. The Morgan fingerprint density at radius 3 is 0.906 bits per heavy atom. The van der Waals surface area contributed by atoms with Gasteiger partial charge in [0.05, 0.1) is 0 Å². The van der Waals surface area contributed by atoms with Gasteiger partial charge < -0.3 is 31.9 Å². The van der Waals surface area contributed by atoms with E-state index in [9.17, 15) is 0 Å². The molecule has 0 radical (unpaired) electrons. The number of nitrogen functional groups attached to an aromatic ring is 2. The van der Waals surface area contributed by atoms with Gasteiger partial charge in [0, 0.05) is 36.9 Å². The van der Waals surface area contributed by atoms with E-state index in [4.69, 9.17) is 31.9 Å². The third kappa shape index (κ3) is 12.1. The molecule has 8 N–H and O–H groups in total. The van der Waals surface area contributed by atoms with E-state index in [-0.39, 0.29) is 23.0 Å². The molecule has 0 aliphatic carbocycles. The van der Waals surface area contributed by atoms with Crippen LogP contribution in [0.3, 0.4) is 0 Å². The zero-order valence-electron chi connectivity index (χ0n) is 17.7. The molecule has 0 aliphatic rings. The van der Waals surface area contributed by atoms with Crippen LogP contribution in [0.25, 0.3) is 0 Å². The van der Waals surface area contributed by atoms with Crippen LogP contribution >= 0.6 is 0 Å². The first-order chi connectivity index (χ1) is 15.2. The Kier molecular flexibility index (Phi) is 10.8. The molecule has 10 nitrogen and oxygen atoms in total. The number of phenolic OH excluding ortho intramolecular Hbond substituents is 4. The van der Waals surface area contributed by atoms with Crippen molar-refractivity contribution in [1.29, 1.82) is 0 Å². The molecule has 2 aromatic heterocycles. The van der Waals surface area contributed by atoms with Crippen LogP contribution in [0.1, 0.15) is 11.1 Å². The summed E-state index contributed by atoms with van der Waals surface area (Å²) in [5.41, 5.74) is 12.0. The minimum Gasteiger partial charge on any atom is -0.508 e. The minimum atomic E-state index is 0.104. The van der Waals surface area contributed by atoms with Gasteiger partial charge in [-0.15, -0.1) is 0 Å². The maximum Gasteiger partial charge on any atom is 0.219 e. The van der Waals surface area contributed by atoms with E-state index in [1.165, 1.54) is 12.1 Å². The predicted molar refractivity (Wildman–Crippen MR) is 122 cm³/mol. The van der Waals surface area contributed by atoms with Gasteiger partial charge in [-0.05, 0) is 61.4 Å². The molecule has 0 unspecified atom stereocenters. The monoisotopic (exact) mass is 438 g/mol. The minimum absolute atomic E-state index is 0.104. The van der Waals surface area contributed by atoms with Crippen molar-refractivity contribution in [3.05, 3.63) is 84.4 Å². The molecule has 0 fully saturated rings. The molecule has 0 saturated heterocycles. The first-order valence-electron chi connectivity index (χ1n) is 9.20. The summed E-state index contributed by atoms with van der Waals surface area (Å²) in [4.78, 5) is 14.6. The van der Waals surface area contributed by atoms with Crippen LogP contribution in [0, 0.1) is 13.8 Å². The summed E-state index contributed by atoms with van der Waals surface area (Å²) < 4.78 is 0.